The predicted molar refractivity (Wildman–Crippen MR) is 78.2 cm³/mol. The summed E-state index contributed by atoms with van der Waals surface area (Å²) in [5.41, 5.74) is 7.60. The molecule has 6 nitrogen and oxygen atoms in total. The Kier molecular flexibility index (Phi) is 3.75. The monoisotopic (exact) mass is 276 g/mol. The average molecular weight is 276 g/mol. The molecule has 6 heteroatoms. The molecule has 0 bridgehead atoms. The fourth-order valence-corrected chi connectivity index (χ4v) is 2.62. The zero-order valence-electron chi connectivity index (χ0n) is 11.4. The minimum atomic E-state index is -0.310. The molecule has 0 radical (unpaired) electrons. The number of nitrogens with one attached hydrogen (secondary N) is 1. The molecule has 108 valence electrons. The molecule has 2 fully saturated rings. The van der Waals surface area contributed by atoms with Crippen LogP contribution in [0, 0.1) is 0 Å². The number of benzene rings is 1. The molecule has 1 atom stereocenters. The molecule has 0 unspecified atom stereocenters. The standard InChI is InChI=1S/C14H20N4O2/c15-9-13-10-18(14(19)20-13)12-3-1-11(2-4-12)17-7-5-16-6-8-17/h1-4,13,16H,5-10,15H2/t13-/m0/s1. The molecule has 1 amide bonds. The van der Waals surface area contributed by atoms with E-state index in [4.69, 9.17) is 10.5 Å². The lowest BCUT2D eigenvalue weighted by Gasteiger charge is -2.29. The summed E-state index contributed by atoms with van der Waals surface area (Å²) in [4.78, 5) is 15.7. The van der Waals surface area contributed by atoms with Gasteiger partial charge in [0.2, 0.25) is 0 Å². The van der Waals surface area contributed by atoms with E-state index in [0.717, 1.165) is 31.9 Å². The van der Waals surface area contributed by atoms with E-state index in [0.29, 0.717) is 13.1 Å². The van der Waals surface area contributed by atoms with Crippen molar-refractivity contribution in [2.75, 3.05) is 49.1 Å². The first-order valence-electron chi connectivity index (χ1n) is 7.02. The fraction of sp³-hybridized carbons (Fsp3) is 0.500. The number of hydrogen-bond acceptors (Lipinski definition) is 5. The van der Waals surface area contributed by atoms with E-state index in [1.54, 1.807) is 4.90 Å². The Bertz CT molecular complexity index is 471. The average Bonchev–Trinajstić information content (AvgIpc) is 2.89. The zero-order valence-corrected chi connectivity index (χ0v) is 11.4. The number of anilines is 2. The Labute approximate surface area is 118 Å². The number of amides is 1. The quantitative estimate of drug-likeness (QED) is 0.835. The van der Waals surface area contributed by atoms with Gasteiger partial charge < -0.3 is 20.7 Å². The third kappa shape index (κ3) is 2.57. The first-order valence-corrected chi connectivity index (χ1v) is 7.02. The van der Waals surface area contributed by atoms with Crippen LogP contribution < -0.4 is 20.9 Å². The van der Waals surface area contributed by atoms with Crippen LogP contribution in [0.4, 0.5) is 16.2 Å². The van der Waals surface area contributed by atoms with Crippen molar-refractivity contribution in [2.24, 2.45) is 5.73 Å². The topological polar surface area (TPSA) is 70.8 Å². The molecule has 3 rings (SSSR count). The van der Waals surface area contributed by atoms with Gasteiger partial charge in [0.15, 0.2) is 0 Å². The van der Waals surface area contributed by atoms with Gasteiger partial charge in [0, 0.05) is 44.1 Å². The number of ether oxygens (including phenoxy) is 1. The SMILES string of the molecule is NC[C@H]1CN(c2ccc(N3CCNCC3)cc2)C(=O)O1. The molecule has 0 aliphatic carbocycles. The smallest absolute Gasteiger partial charge is 0.414 e. The second-order valence-electron chi connectivity index (χ2n) is 5.11. The van der Waals surface area contributed by atoms with Crippen LogP contribution in [0.3, 0.4) is 0 Å². The van der Waals surface area contributed by atoms with Gasteiger partial charge >= 0.3 is 6.09 Å². The molecular weight excluding hydrogens is 256 g/mol. The van der Waals surface area contributed by atoms with Gasteiger partial charge in [-0.3, -0.25) is 4.90 Å². The van der Waals surface area contributed by atoms with Gasteiger partial charge in [0.25, 0.3) is 0 Å². The Hall–Kier alpha value is -1.79. The summed E-state index contributed by atoms with van der Waals surface area (Å²) in [6.45, 7) is 4.95. The molecule has 2 heterocycles. The highest BCUT2D eigenvalue weighted by Gasteiger charge is 2.31. The van der Waals surface area contributed by atoms with Crippen LogP contribution in [0.25, 0.3) is 0 Å². The van der Waals surface area contributed by atoms with Crippen molar-refractivity contribution >= 4 is 17.5 Å². The molecule has 0 saturated carbocycles. The summed E-state index contributed by atoms with van der Waals surface area (Å²) in [6.07, 6.45) is -0.509. The van der Waals surface area contributed by atoms with Crippen LogP contribution >= 0.6 is 0 Å². The molecular formula is C14H20N4O2. The van der Waals surface area contributed by atoms with Crippen LogP contribution in [-0.4, -0.2) is 51.5 Å². The summed E-state index contributed by atoms with van der Waals surface area (Å²) in [5.74, 6) is 0. The second kappa shape index (κ2) is 5.68. The summed E-state index contributed by atoms with van der Waals surface area (Å²) in [7, 11) is 0. The molecule has 20 heavy (non-hydrogen) atoms. The molecule has 2 saturated heterocycles. The van der Waals surface area contributed by atoms with Crippen LogP contribution in [0.2, 0.25) is 0 Å². The Morgan fingerprint density at radius 3 is 2.45 bits per heavy atom. The summed E-state index contributed by atoms with van der Waals surface area (Å²) in [5, 5.41) is 3.33. The minimum absolute atomic E-state index is 0.199. The van der Waals surface area contributed by atoms with Crippen molar-refractivity contribution in [3.63, 3.8) is 0 Å². The Balaban J connectivity index is 1.71. The number of nitrogens with two attached hydrogens (primary N) is 1. The number of cyclic esters (lactones) is 1. The first-order chi connectivity index (χ1) is 9.78. The number of carbonyl (C=O) groups excluding carboxylic acids is 1. The van der Waals surface area contributed by atoms with E-state index >= 15 is 0 Å². The molecule has 1 aromatic carbocycles. The maximum absolute atomic E-state index is 11.8. The van der Waals surface area contributed by atoms with E-state index in [2.05, 4.69) is 22.3 Å². The molecule has 2 aliphatic rings. The van der Waals surface area contributed by atoms with Crippen LogP contribution in [0.1, 0.15) is 0 Å². The number of rotatable bonds is 3. The van der Waals surface area contributed by atoms with E-state index < -0.39 is 0 Å². The Morgan fingerprint density at radius 1 is 1.20 bits per heavy atom. The number of nitrogens with zero attached hydrogens (tertiary/aromatic N) is 2. The maximum Gasteiger partial charge on any atom is 0.414 e. The van der Waals surface area contributed by atoms with Crippen molar-refractivity contribution < 1.29 is 9.53 Å². The lowest BCUT2D eigenvalue weighted by atomic mass is 10.2. The maximum atomic E-state index is 11.8. The lowest BCUT2D eigenvalue weighted by Crippen LogP contribution is -2.43. The lowest BCUT2D eigenvalue weighted by molar-refractivity contribution is 0.145. The Morgan fingerprint density at radius 2 is 1.85 bits per heavy atom. The summed E-state index contributed by atoms with van der Waals surface area (Å²) >= 11 is 0. The largest absolute Gasteiger partial charge is 0.443 e. The van der Waals surface area contributed by atoms with Gasteiger partial charge in [-0.2, -0.15) is 0 Å². The van der Waals surface area contributed by atoms with Crippen LogP contribution in [0.15, 0.2) is 24.3 Å². The molecule has 2 aliphatic heterocycles. The van der Waals surface area contributed by atoms with Gasteiger partial charge in [-0.15, -0.1) is 0 Å². The van der Waals surface area contributed by atoms with Gasteiger partial charge in [0.05, 0.1) is 6.54 Å². The van der Waals surface area contributed by atoms with Crippen LogP contribution in [-0.2, 0) is 4.74 Å². The zero-order chi connectivity index (χ0) is 13.9. The first kappa shape index (κ1) is 13.2. The fourth-order valence-electron chi connectivity index (χ4n) is 2.62. The van der Waals surface area contributed by atoms with E-state index in [-0.39, 0.29) is 12.2 Å². The highest BCUT2D eigenvalue weighted by molar-refractivity contribution is 5.90. The normalized spacial score (nSPS) is 23.1. The van der Waals surface area contributed by atoms with Crippen molar-refractivity contribution in [1.29, 1.82) is 0 Å². The number of piperazine rings is 1. The predicted octanol–water partition coefficient (Wildman–Crippen LogP) is 0.380. The molecule has 0 aromatic heterocycles. The summed E-state index contributed by atoms with van der Waals surface area (Å²) in [6, 6.07) is 8.06. The van der Waals surface area contributed by atoms with E-state index in [9.17, 15) is 4.79 Å². The molecule has 1 aromatic rings. The molecule has 0 spiro atoms. The third-order valence-electron chi connectivity index (χ3n) is 3.78. The van der Waals surface area contributed by atoms with E-state index in [1.807, 2.05) is 12.1 Å². The van der Waals surface area contributed by atoms with E-state index in [1.165, 1.54) is 5.69 Å². The van der Waals surface area contributed by atoms with Gasteiger partial charge in [-0.05, 0) is 24.3 Å². The van der Waals surface area contributed by atoms with Gasteiger partial charge in [-0.1, -0.05) is 0 Å². The van der Waals surface area contributed by atoms with Crippen molar-refractivity contribution in [3.05, 3.63) is 24.3 Å². The van der Waals surface area contributed by atoms with Gasteiger partial charge in [-0.25, -0.2) is 4.79 Å². The molecule has 3 N–H and O–H groups in total. The third-order valence-corrected chi connectivity index (χ3v) is 3.78. The number of hydrogen-bond donors (Lipinski definition) is 2. The highest BCUT2D eigenvalue weighted by Crippen LogP contribution is 2.24. The van der Waals surface area contributed by atoms with Crippen LogP contribution in [0.5, 0.6) is 0 Å². The van der Waals surface area contributed by atoms with Crippen molar-refractivity contribution in [1.82, 2.24) is 5.32 Å². The second-order valence-corrected chi connectivity index (χ2v) is 5.11. The minimum Gasteiger partial charge on any atom is -0.443 e. The van der Waals surface area contributed by atoms with Crippen molar-refractivity contribution in [3.8, 4) is 0 Å². The highest BCUT2D eigenvalue weighted by atomic mass is 16.6. The number of carbonyl (C=O) groups is 1. The van der Waals surface area contributed by atoms with Gasteiger partial charge in [0.1, 0.15) is 6.10 Å². The van der Waals surface area contributed by atoms with Crippen molar-refractivity contribution in [2.45, 2.75) is 6.10 Å². The summed E-state index contributed by atoms with van der Waals surface area (Å²) < 4.78 is 5.17.